The Morgan fingerprint density at radius 2 is 2.14 bits per heavy atom. The van der Waals surface area contributed by atoms with Gasteiger partial charge >= 0.3 is 0 Å². The van der Waals surface area contributed by atoms with Gasteiger partial charge in [-0.2, -0.15) is 0 Å². The Hall–Kier alpha value is -1.07. The molecule has 6 atom stereocenters. The van der Waals surface area contributed by atoms with Gasteiger partial charge in [-0.25, -0.2) is 0 Å². The third-order valence-electron chi connectivity index (χ3n) is 7.63. The predicted octanol–water partition coefficient (Wildman–Crippen LogP) is 3.49. The largest absolute Gasteiger partial charge is 0.377 e. The number of hydrogen-bond acceptors (Lipinski definition) is 2. The van der Waals surface area contributed by atoms with Gasteiger partial charge in [0.15, 0.2) is 5.78 Å². The average Bonchev–Trinajstić information content (AvgIpc) is 2.77. The van der Waals surface area contributed by atoms with Crippen LogP contribution in [0.15, 0.2) is 11.6 Å². The molecule has 0 unspecified atom stereocenters. The summed E-state index contributed by atoms with van der Waals surface area (Å²) in [4.78, 5) is 11.7. The minimum atomic E-state index is -0.902. The molecule has 118 valence electrons. The number of ketones is 1. The fourth-order valence-corrected chi connectivity index (χ4v) is 6.27. The van der Waals surface area contributed by atoms with Crippen molar-refractivity contribution < 1.29 is 9.90 Å². The molecule has 2 heteroatoms. The van der Waals surface area contributed by atoms with E-state index in [1.165, 1.54) is 18.4 Å². The lowest BCUT2D eigenvalue weighted by Crippen LogP contribution is -2.51. The van der Waals surface area contributed by atoms with Crippen molar-refractivity contribution in [2.24, 2.45) is 29.1 Å². The van der Waals surface area contributed by atoms with Gasteiger partial charge in [0.25, 0.3) is 0 Å². The van der Waals surface area contributed by atoms with Gasteiger partial charge in [-0.15, -0.1) is 6.42 Å². The van der Waals surface area contributed by atoms with E-state index in [-0.39, 0.29) is 5.41 Å². The summed E-state index contributed by atoms with van der Waals surface area (Å²) < 4.78 is 0. The topological polar surface area (TPSA) is 37.3 Å². The highest BCUT2D eigenvalue weighted by atomic mass is 16.3. The van der Waals surface area contributed by atoms with Crippen molar-refractivity contribution in [3.8, 4) is 12.3 Å². The van der Waals surface area contributed by atoms with E-state index in [0.717, 1.165) is 38.5 Å². The Kier molecular flexibility index (Phi) is 3.11. The maximum atomic E-state index is 11.7. The Labute approximate surface area is 133 Å². The number of terminal acetylenes is 1. The van der Waals surface area contributed by atoms with Crippen LogP contribution in [0.3, 0.4) is 0 Å². The molecule has 4 aliphatic rings. The quantitative estimate of drug-likeness (QED) is 0.695. The van der Waals surface area contributed by atoms with Gasteiger partial charge in [0, 0.05) is 11.8 Å². The number of carbonyl (C=O) groups is 1. The zero-order valence-electron chi connectivity index (χ0n) is 13.5. The van der Waals surface area contributed by atoms with Crippen molar-refractivity contribution in [3.63, 3.8) is 0 Å². The van der Waals surface area contributed by atoms with Crippen molar-refractivity contribution in [1.82, 2.24) is 0 Å². The SMILES string of the molecule is C#C[C@]1(O)CC[C@H]2C[C@@H]3[C@@H](CCC4=CC(=O)CC[C@H]43)C[C@@]21C. The van der Waals surface area contributed by atoms with Crippen LogP contribution in [-0.4, -0.2) is 16.5 Å². The summed E-state index contributed by atoms with van der Waals surface area (Å²) in [6.45, 7) is 2.23. The zero-order valence-corrected chi connectivity index (χ0v) is 13.5. The van der Waals surface area contributed by atoms with E-state index in [4.69, 9.17) is 6.42 Å². The molecule has 0 aromatic carbocycles. The Morgan fingerprint density at radius 1 is 1.32 bits per heavy atom. The molecule has 22 heavy (non-hydrogen) atoms. The summed E-state index contributed by atoms with van der Waals surface area (Å²) in [5.74, 6) is 5.63. The highest BCUT2D eigenvalue weighted by Crippen LogP contribution is 2.63. The third-order valence-corrected chi connectivity index (χ3v) is 7.63. The first-order valence-corrected chi connectivity index (χ1v) is 8.90. The van der Waals surface area contributed by atoms with Crippen LogP contribution in [0.5, 0.6) is 0 Å². The summed E-state index contributed by atoms with van der Waals surface area (Å²) >= 11 is 0. The average molecular weight is 298 g/mol. The van der Waals surface area contributed by atoms with Crippen LogP contribution < -0.4 is 0 Å². The van der Waals surface area contributed by atoms with E-state index in [1.807, 2.05) is 6.08 Å². The standard InChI is InChI=1S/C20H26O2/c1-3-20(22)9-8-15-11-18-14(12-19(15,20)2)5-4-13-10-16(21)6-7-17(13)18/h1,10,14-15,17-18,22H,4-9,11-12H2,2H3/t14-,15-,17+,18+,19-,20-/m0/s1. The maximum absolute atomic E-state index is 11.7. The van der Waals surface area contributed by atoms with E-state index in [9.17, 15) is 9.90 Å². The minimum Gasteiger partial charge on any atom is -0.377 e. The van der Waals surface area contributed by atoms with Crippen molar-refractivity contribution >= 4 is 5.78 Å². The number of carbonyl (C=O) groups excluding carboxylic acids is 1. The van der Waals surface area contributed by atoms with Gasteiger partial charge in [0.05, 0.1) is 0 Å². The lowest BCUT2D eigenvalue weighted by molar-refractivity contribution is -0.116. The van der Waals surface area contributed by atoms with Gasteiger partial charge in [-0.3, -0.25) is 4.79 Å². The van der Waals surface area contributed by atoms with Gasteiger partial charge in [-0.1, -0.05) is 18.4 Å². The van der Waals surface area contributed by atoms with Crippen LogP contribution in [0.25, 0.3) is 0 Å². The fraction of sp³-hybridized carbons (Fsp3) is 0.750. The highest BCUT2D eigenvalue weighted by Gasteiger charge is 2.60. The zero-order chi connectivity index (χ0) is 15.5. The van der Waals surface area contributed by atoms with Crippen molar-refractivity contribution in [2.45, 2.75) is 63.9 Å². The van der Waals surface area contributed by atoms with Gasteiger partial charge < -0.3 is 5.11 Å². The van der Waals surface area contributed by atoms with E-state index in [2.05, 4.69) is 12.8 Å². The monoisotopic (exact) mass is 298 g/mol. The molecule has 3 saturated carbocycles. The van der Waals surface area contributed by atoms with Gasteiger partial charge in [-0.05, 0) is 74.7 Å². The van der Waals surface area contributed by atoms with E-state index in [0.29, 0.717) is 29.5 Å². The Morgan fingerprint density at radius 3 is 2.91 bits per heavy atom. The van der Waals surface area contributed by atoms with Crippen molar-refractivity contribution in [1.29, 1.82) is 0 Å². The van der Waals surface area contributed by atoms with E-state index in [1.54, 1.807) is 0 Å². The van der Waals surface area contributed by atoms with Gasteiger partial charge in [0.1, 0.15) is 5.60 Å². The first kappa shape index (κ1) is 14.5. The molecule has 1 N–H and O–H groups in total. The molecule has 4 rings (SSSR count). The molecule has 0 saturated heterocycles. The summed E-state index contributed by atoms with van der Waals surface area (Å²) in [6.07, 6.45) is 15.8. The van der Waals surface area contributed by atoms with Crippen LogP contribution in [0.1, 0.15) is 58.3 Å². The lowest BCUT2D eigenvalue weighted by Gasteiger charge is -2.54. The van der Waals surface area contributed by atoms with E-state index < -0.39 is 5.60 Å². The number of aliphatic hydroxyl groups is 1. The predicted molar refractivity (Wildman–Crippen MR) is 85.9 cm³/mol. The molecule has 0 radical (unpaired) electrons. The number of fused-ring (bicyclic) bond motifs is 4. The van der Waals surface area contributed by atoms with Crippen LogP contribution >= 0.6 is 0 Å². The first-order chi connectivity index (χ1) is 10.5. The second kappa shape index (κ2) is 4.71. The van der Waals surface area contributed by atoms with Crippen molar-refractivity contribution in [3.05, 3.63) is 11.6 Å². The smallest absolute Gasteiger partial charge is 0.155 e. The molecular weight excluding hydrogens is 272 g/mol. The Bertz CT molecular complexity index is 583. The fourth-order valence-electron chi connectivity index (χ4n) is 6.27. The van der Waals surface area contributed by atoms with Crippen molar-refractivity contribution in [2.75, 3.05) is 0 Å². The molecular formula is C20H26O2. The summed E-state index contributed by atoms with van der Waals surface area (Å²) in [5, 5.41) is 10.9. The Balaban J connectivity index is 1.64. The molecule has 2 nitrogen and oxygen atoms in total. The molecule has 0 bridgehead atoms. The minimum absolute atomic E-state index is 0.103. The normalized spacial score (nSPS) is 50.4. The lowest BCUT2D eigenvalue weighted by atomic mass is 9.51. The van der Waals surface area contributed by atoms with Crippen LogP contribution in [0.2, 0.25) is 0 Å². The third kappa shape index (κ3) is 1.81. The van der Waals surface area contributed by atoms with Gasteiger partial charge in [0.2, 0.25) is 0 Å². The van der Waals surface area contributed by atoms with E-state index >= 15 is 0 Å². The number of allylic oxidation sites excluding steroid dienone is 2. The molecule has 0 aromatic rings. The molecule has 0 aromatic heterocycles. The summed E-state index contributed by atoms with van der Waals surface area (Å²) in [7, 11) is 0. The molecule has 0 spiro atoms. The summed E-state index contributed by atoms with van der Waals surface area (Å²) in [5.41, 5.74) is 0.418. The molecule has 0 heterocycles. The first-order valence-electron chi connectivity index (χ1n) is 8.90. The molecule has 3 fully saturated rings. The second-order valence-corrected chi connectivity index (χ2v) is 8.39. The molecule has 4 aliphatic carbocycles. The number of rotatable bonds is 0. The summed E-state index contributed by atoms with van der Waals surface area (Å²) in [6, 6.07) is 0. The van der Waals surface area contributed by atoms with Crippen LogP contribution in [0, 0.1) is 41.4 Å². The molecule has 0 amide bonds. The molecule has 0 aliphatic heterocycles. The van der Waals surface area contributed by atoms with Crippen LogP contribution in [0.4, 0.5) is 0 Å². The maximum Gasteiger partial charge on any atom is 0.155 e. The highest BCUT2D eigenvalue weighted by molar-refractivity contribution is 5.91. The number of hydrogen-bond donors (Lipinski definition) is 1. The second-order valence-electron chi connectivity index (χ2n) is 8.39. The van der Waals surface area contributed by atoms with Crippen LogP contribution in [-0.2, 0) is 4.79 Å².